The lowest BCUT2D eigenvalue weighted by molar-refractivity contribution is -0.119. The van der Waals surface area contributed by atoms with E-state index in [1.807, 2.05) is 49.2 Å². The third kappa shape index (κ3) is 5.65. The van der Waals surface area contributed by atoms with Gasteiger partial charge in [0.25, 0.3) is 5.91 Å². The van der Waals surface area contributed by atoms with E-state index in [-0.39, 0.29) is 52.7 Å². The van der Waals surface area contributed by atoms with Crippen LogP contribution >= 0.6 is 0 Å². The van der Waals surface area contributed by atoms with Gasteiger partial charge in [0.15, 0.2) is 17.3 Å². The Labute approximate surface area is 232 Å². The number of nitrogens with zero attached hydrogens (tertiary/aromatic N) is 2. The van der Waals surface area contributed by atoms with Crippen LogP contribution < -0.4 is 5.32 Å². The molecule has 0 saturated carbocycles. The van der Waals surface area contributed by atoms with E-state index in [0.717, 1.165) is 11.3 Å². The van der Waals surface area contributed by atoms with E-state index in [4.69, 9.17) is 0 Å². The van der Waals surface area contributed by atoms with Crippen molar-refractivity contribution in [2.24, 2.45) is 0 Å². The SMILES string of the molecule is Cc1ccc(C(=O)Nc2c(CC(=O)CN(C)CCc3ccccn3)ccc3c2C(=O)c2ccccc2C3=O)cc1. The lowest BCUT2D eigenvalue weighted by atomic mass is 9.81. The minimum atomic E-state index is -0.423. The fraction of sp³-hybridized carbons (Fsp3) is 0.182. The van der Waals surface area contributed by atoms with Crippen molar-refractivity contribution >= 4 is 28.9 Å². The number of carbonyl (C=O) groups is 4. The average molecular weight is 532 g/mol. The van der Waals surface area contributed by atoms with Gasteiger partial charge in [0, 0.05) is 53.5 Å². The Morgan fingerprint density at radius 2 is 1.52 bits per heavy atom. The molecule has 5 rings (SSSR count). The molecule has 0 radical (unpaired) electrons. The predicted octanol–water partition coefficient (Wildman–Crippen LogP) is 4.70. The Balaban J connectivity index is 1.44. The van der Waals surface area contributed by atoms with Gasteiger partial charge in [-0.3, -0.25) is 29.1 Å². The van der Waals surface area contributed by atoms with E-state index in [1.54, 1.807) is 54.7 Å². The summed E-state index contributed by atoms with van der Waals surface area (Å²) in [6.07, 6.45) is 2.44. The summed E-state index contributed by atoms with van der Waals surface area (Å²) in [5, 5.41) is 2.88. The largest absolute Gasteiger partial charge is 0.321 e. The van der Waals surface area contributed by atoms with Crippen LogP contribution in [0, 0.1) is 6.92 Å². The van der Waals surface area contributed by atoms with E-state index in [1.165, 1.54) is 0 Å². The van der Waals surface area contributed by atoms with Crippen LogP contribution in [0.15, 0.2) is 85.1 Å². The highest BCUT2D eigenvalue weighted by molar-refractivity contribution is 6.31. The molecule has 7 nitrogen and oxygen atoms in total. The van der Waals surface area contributed by atoms with E-state index in [9.17, 15) is 19.2 Å². The first-order chi connectivity index (χ1) is 19.3. The second-order valence-corrected chi connectivity index (χ2v) is 10.1. The van der Waals surface area contributed by atoms with Gasteiger partial charge < -0.3 is 5.32 Å². The van der Waals surface area contributed by atoms with Gasteiger partial charge >= 0.3 is 0 Å². The van der Waals surface area contributed by atoms with Crippen molar-refractivity contribution in [3.63, 3.8) is 0 Å². The number of aryl methyl sites for hydroxylation is 1. The Kier molecular flexibility index (Phi) is 7.75. The lowest BCUT2D eigenvalue weighted by Gasteiger charge is -2.23. The molecule has 0 fully saturated rings. The number of likely N-dealkylation sites (N-methyl/N-ethyl adjacent to an activating group) is 1. The normalized spacial score (nSPS) is 12.2. The molecule has 1 heterocycles. The molecule has 1 aliphatic carbocycles. The number of hydrogen-bond acceptors (Lipinski definition) is 6. The molecule has 0 atom stereocenters. The zero-order valence-electron chi connectivity index (χ0n) is 22.4. The highest BCUT2D eigenvalue weighted by Gasteiger charge is 2.33. The molecule has 1 N–H and O–H groups in total. The maximum atomic E-state index is 13.7. The first-order valence-electron chi connectivity index (χ1n) is 13.1. The maximum Gasteiger partial charge on any atom is 0.255 e. The third-order valence-corrected chi connectivity index (χ3v) is 7.04. The van der Waals surface area contributed by atoms with Gasteiger partial charge in [-0.1, -0.05) is 54.1 Å². The molecule has 0 aliphatic heterocycles. The number of benzene rings is 3. The number of Topliss-reactive ketones (excluding diaryl/α,β-unsaturated/α-hetero) is 1. The smallest absolute Gasteiger partial charge is 0.255 e. The Bertz CT molecular complexity index is 1610. The molecule has 0 saturated heterocycles. The van der Waals surface area contributed by atoms with Crippen molar-refractivity contribution in [3.05, 3.63) is 130 Å². The number of nitrogens with one attached hydrogen (secondary N) is 1. The van der Waals surface area contributed by atoms with Gasteiger partial charge in [-0.25, -0.2) is 0 Å². The molecule has 1 amide bonds. The van der Waals surface area contributed by atoms with Gasteiger partial charge in [-0.2, -0.15) is 0 Å². The lowest BCUT2D eigenvalue weighted by Crippen LogP contribution is -2.30. The second-order valence-electron chi connectivity index (χ2n) is 10.1. The molecule has 0 spiro atoms. The van der Waals surface area contributed by atoms with Gasteiger partial charge in [-0.05, 0) is 49.9 Å². The van der Waals surface area contributed by atoms with Crippen LogP contribution in [0.5, 0.6) is 0 Å². The van der Waals surface area contributed by atoms with Crippen molar-refractivity contribution in [3.8, 4) is 0 Å². The average Bonchev–Trinajstić information content (AvgIpc) is 2.96. The first-order valence-corrected chi connectivity index (χ1v) is 13.1. The number of hydrogen-bond donors (Lipinski definition) is 1. The molecule has 0 unspecified atom stereocenters. The Morgan fingerprint density at radius 3 is 2.23 bits per heavy atom. The van der Waals surface area contributed by atoms with Crippen LogP contribution in [0.25, 0.3) is 0 Å². The summed E-state index contributed by atoms with van der Waals surface area (Å²) in [5.74, 6) is -1.15. The number of pyridine rings is 1. The van der Waals surface area contributed by atoms with Crippen molar-refractivity contribution in [2.45, 2.75) is 19.8 Å². The molecule has 4 aromatic rings. The quantitative estimate of drug-likeness (QED) is 0.296. The van der Waals surface area contributed by atoms with Crippen molar-refractivity contribution in [2.75, 3.05) is 25.5 Å². The molecular formula is C33H29N3O4. The Hall–Kier alpha value is -4.75. The van der Waals surface area contributed by atoms with Crippen LogP contribution in [0.3, 0.4) is 0 Å². The van der Waals surface area contributed by atoms with Crippen LogP contribution in [0.4, 0.5) is 5.69 Å². The summed E-state index contributed by atoms with van der Waals surface area (Å²) >= 11 is 0. The highest BCUT2D eigenvalue weighted by Crippen LogP contribution is 2.35. The molecule has 1 aliphatic rings. The maximum absolute atomic E-state index is 13.7. The summed E-state index contributed by atoms with van der Waals surface area (Å²) in [6, 6.07) is 22.7. The van der Waals surface area contributed by atoms with Gasteiger partial charge in [0.1, 0.15) is 0 Å². The molecule has 0 bridgehead atoms. The zero-order valence-corrected chi connectivity index (χ0v) is 22.4. The summed E-state index contributed by atoms with van der Waals surface area (Å²) in [4.78, 5) is 59.7. The first kappa shape index (κ1) is 26.8. The number of fused-ring (bicyclic) bond motifs is 2. The second kappa shape index (κ2) is 11.6. The van der Waals surface area contributed by atoms with Crippen LogP contribution in [-0.4, -0.2) is 53.3 Å². The van der Waals surface area contributed by atoms with Crippen molar-refractivity contribution < 1.29 is 19.2 Å². The van der Waals surface area contributed by atoms with E-state index in [0.29, 0.717) is 29.7 Å². The topological polar surface area (TPSA) is 96.4 Å². The van der Waals surface area contributed by atoms with Crippen LogP contribution in [0.1, 0.15) is 59.0 Å². The Morgan fingerprint density at radius 1 is 0.825 bits per heavy atom. The van der Waals surface area contributed by atoms with E-state index in [2.05, 4.69) is 10.3 Å². The highest BCUT2D eigenvalue weighted by atomic mass is 16.2. The molecule has 7 heteroatoms. The summed E-state index contributed by atoms with van der Waals surface area (Å²) < 4.78 is 0. The summed E-state index contributed by atoms with van der Waals surface area (Å²) in [5.41, 5.74) is 4.00. The number of aromatic nitrogens is 1. The molecule has 40 heavy (non-hydrogen) atoms. The van der Waals surface area contributed by atoms with Gasteiger partial charge in [-0.15, -0.1) is 0 Å². The summed E-state index contributed by atoms with van der Waals surface area (Å²) in [6.45, 7) is 2.76. The fourth-order valence-electron chi connectivity index (χ4n) is 4.91. The predicted molar refractivity (Wildman–Crippen MR) is 153 cm³/mol. The number of rotatable bonds is 9. The number of anilines is 1. The molecule has 3 aromatic carbocycles. The molecular weight excluding hydrogens is 502 g/mol. The minimum absolute atomic E-state index is 0.00612. The monoisotopic (exact) mass is 531 g/mol. The van der Waals surface area contributed by atoms with Gasteiger partial charge in [0.2, 0.25) is 0 Å². The fourth-order valence-corrected chi connectivity index (χ4v) is 4.91. The number of amides is 1. The summed E-state index contributed by atoms with van der Waals surface area (Å²) in [7, 11) is 1.87. The number of carbonyl (C=O) groups excluding carboxylic acids is 4. The zero-order chi connectivity index (χ0) is 28.2. The molecule has 1 aromatic heterocycles. The standard InChI is InChI=1S/C33H29N3O4/c1-21-10-12-22(13-11-21)33(40)35-30-23(19-25(37)20-36(2)18-16-24-7-5-6-17-34-24)14-15-28-29(30)32(39)27-9-4-3-8-26(27)31(28)38/h3-15,17H,16,18-20H2,1-2H3,(H,35,40). The van der Waals surface area contributed by atoms with Crippen molar-refractivity contribution in [1.82, 2.24) is 9.88 Å². The van der Waals surface area contributed by atoms with Crippen LogP contribution in [-0.2, 0) is 17.6 Å². The minimum Gasteiger partial charge on any atom is -0.321 e. The third-order valence-electron chi connectivity index (χ3n) is 7.04. The van der Waals surface area contributed by atoms with E-state index < -0.39 is 5.91 Å². The van der Waals surface area contributed by atoms with E-state index >= 15 is 0 Å². The number of ketones is 3. The van der Waals surface area contributed by atoms with Crippen molar-refractivity contribution in [1.29, 1.82) is 0 Å². The molecule has 200 valence electrons. The van der Waals surface area contributed by atoms with Gasteiger partial charge in [0.05, 0.1) is 17.8 Å². The van der Waals surface area contributed by atoms with Crippen LogP contribution in [0.2, 0.25) is 0 Å².